The van der Waals surface area contributed by atoms with Crippen LogP contribution in [0.1, 0.15) is 65.6 Å². The number of aryl methyl sites for hydroxylation is 1. The zero-order valence-electron chi connectivity index (χ0n) is 19.2. The molecule has 1 saturated carbocycles. The molecule has 0 bridgehead atoms. The lowest BCUT2D eigenvalue weighted by Crippen LogP contribution is -2.39. The van der Waals surface area contributed by atoms with E-state index in [0.717, 1.165) is 55.7 Å². The summed E-state index contributed by atoms with van der Waals surface area (Å²) in [5.74, 6) is -0.855. The number of anilines is 1. The van der Waals surface area contributed by atoms with Gasteiger partial charge in [0.1, 0.15) is 5.82 Å². The quantitative estimate of drug-likeness (QED) is 0.575. The summed E-state index contributed by atoms with van der Waals surface area (Å²) in [4.78, 5) is 27.6. The number of nitriles is 1. The Morgan fingerprint density at radius 1 is 1.18 bits per heavy atom. The highest BCUT2D eigenvalue weighted by molar-refractivity contribution is 6.31. The third-order valence-electron chi connectivity index (χ3n) is 6.69. The van der Waals surface area contributed by atoms with E-state index in [4.69, 9.17) is 16.9 Å². The fourth-order valence-corrected chi connectivity index (χ4v) is 5.09. The summed E-state index contributed by atoms with van der Waals surface area (Å²) >= 11 is 6.30. The van der Waals surface area contributed by atoms with Crippen LogP contribution in [0.4, 0.5) is 10.1 Å². The molecule has 176 valence electrons. The highest BCUT2D eigenvalue weighted by atomic mass is 35.5. The molecule has 2 aromatic carbocycles. The Kier molecular flexibility index (Phi) is 7.33. The maximum absolute atomic E-state index is 14.3. The predicted molar refractivity (Wildman–Crippen MR) is 131 cm³/mol. The average Bonchev–Trinajstić information content (AvgIpc) is 3.36. The first-order valence-corrected chi connectivity index (χ1v) is 12.0. The van der Waals surface area contributed by atoms with Crippen molar-refractivity contribution in [2.45, 2.75) is 45.4 Å². The van der Waals surface area contributed by atoms with Crippen LogP contribution in [0, 0.1) is 30.0 Å². The summed E-state index contributed by atoms with van der Waals surface area (Å²) in [5.41, 5.74) is 3.23. The van der Waals surface area contributed by atoms with Crippen molar-refractivity contribution in [3.05, 3.63) is 69.0 Å². The van der Waals surface area contributed by atoms with Crippen LogP contribution in [0.3, 0.4) is 0 Å². The zero-order valence-corrected chi connectivity index (χ0v) is 19.9. The molecular weight excluding hydrogens is 453 g/mol. The zero-order chi connectivity index (χ0) is 24.2. The monoisotopic (exact) mass is 479 g/mol. The fourth-order valence-electron chi connectivity index (χ4n) is 4.81. The first-order chi connectivity index (χ1) is 16.4. The highest BCUT2D eigenvalue weighted by Crippen LogP contribution is 2.32. The normalized spacial score (nSPS) is 16.3. The van der Waals surface area contributed by atoms with E-state index < -0.39 is 11.7 Å². The van der Waals surface area contributed by atoms with E-state index in [0.29, 0.717) is 23.8 Å². The van der Waals surface area contributed by atoms with Crippen LogP contribution in [0.25, 0.3) is 6.08 Å². The molecule has 0 radical (unpaired) electrons. The van der Waals surface area contributed by atoms with E-state index in [1.807, 2.05) is 24.0 Å². The molecule has 2 amide bonds. The van der Waals surface area contributed by atoms with Gasteiger partial charge in [-0.2, -0.15) is 5.26 Å². The van der Waals surface area contributed by atoms with Crippen molar-refractivity contribution in [3.63, 3.8) is 0 Å². The minimum Gasteiger partial charge on any atom is -0.342 e. The smallest absolute Gasteiger partial charge is 0.258 e. The van der Waals surface area contributed by atoms with Crippen molar-refractivity contribution in [1.29, 1.82) is 5.26 Å². The molecule has 0 aromatic heterocycles. The van der Waals surface area contributed by atoms with Gasteiger partial charge in [-0.05, 0) is 74.1 Å². The number of hydrogen-bond acceptors (Lipinski definition) is 3. The predicted octanol–water partition coefficient (Wildman–Crippen LogP) is 6.11. The van der Waals surface area contributed by atoms with E-state index in [2.05, 4.69) is 5.32 Å². The van der Waals surface area contributed by atoms with Gasteiger partial charge in [-0.15, -0.1) is 0 Å². The van der Waals surface area contributed by atoms with Gasteiger partial charge < -0.3 is 10.2 Å². The number of nitrogens with zero attached hydrogens (tertiary/aromatic N) is 2. The summed E-state index contributed by atoms with van der Waals surface area (Å²) < 4.78 is 14.3. The Bertz CT molecular complexity index is 1190. The van der Waals surface area contributed by atoms with Gasteiger partial charge >= 0.3 is 0 Å². The number of benzene rings is 2. The van der Waals surface area contributed by atoms with Crippen LogP contribution in [-0.2, 0) is 4.79 Å². The SMILES string of the molecule is Cc1cc(Cl)cc(C=C2CCN(C(=O)C3CCCC3)CC2)c1NC(=O)c1cc(C#N)ccc1F. The molecule has 1 aliphatic carbocycles. The molecule has 4 rings (SSSR count). The van der Waals surface area contributed by atoms with Crippen LogP contribution >= 0.6 is 11.6 Å². The molecule has 1 saturated heterocycles. The van der Waals surface area contributed by atoms with E-state index >= 15 is 0 Å². The Morgan fingerprint density at radius 2 is 1.88 bits per heavy atom. The van der Waals surface area contributed by atoms with E-state index in [1.54, 1.807) is 12.1 Å². The first-order valence-electron chi connectivity index (χ1n) is 11.6. The molecule has 34 heavy (non-hydrogen) atoms. The lowest BCUT2D eigenvalue weighted by molar-refractivity contribution is -0.135. The van der Waals surface area contributed by atoms with Gasteiger partial charge in [-0.1, -0.05) is 36.1 Å². The number of likely N-dealkylation sites (tertiary alicyclic amines) is 1. The number of carbonyl (C=O) groups excluding carboxylic acids is 2. The van der Waals surface area contributed by atoms with E-state index in [1.165, 1.54) is 17.7 Å². The molecule has 5 nitrogen and oxygen atoms in total. The Morgan fingerprint density at radius 3 is 2.56 bits per heavy atom. The van der Waals surface area contributed by atoms with Crippen molar-refractivity contribution in [2.24, 2.45) is 5.92 Å². The van der Waals surface area contributed by atoms with Gasteiger partial charge in [0.2, 0.25) is 5.91 Å². The number of piperidine rings is 1. The number of rotatable bonds is 4. The third-order valence-corrected chi connectivity index (χ3v) is 6.91. The minimum atomic E-state index is -0.692. The molecule has 7 heteroatoms. The molecule has 2 aromatic rings. The largest absolute Gasteiger partial charge is 0.342 e. The van der Waals surface area contributed by atoms with Gasteiger partial charge in [0, 0.05) is 24.0 Å². The second kappa shape index (κ2) is 10.4. The summed E-state index contributed by atoms with van der Waals surface area (Å²) in [6.07, 6.45) is 7.81. The van der Waals surface area contributed by atoms with Crippen LogP contribution in [0.15, 0.2) is 35.9 Å². The molecule has 1 heterocycles. The molecule has 2 aliphatic rings. The second-order valence-corrected chi connectivity index (χ2v) is 9.49. The Hall–Kier alpha value is -3.17. The molecule has 0 atom stereocenters. The molecule has 1 aliphatic heterocycles. The van der Waals surface area contributed by atoms with Gasteiger partial charge in [-0.25, -0.2) is 4.39 Å². The Labute approximate surface area is 204 Å². The summed E-state index contributed by atoms with van der Waals surface area (Å²) in [6, 6.07) is 9.13. The third kappa shape index (κ3) is 5.31. The van der Waals surface area contributed by atoms with Gasteiger partial charge in [0.15, 0.2) is 0 Å². The number of carbonyl (C=O) groups is 2. The van der Waals surface area contributed by atoms with Crippen molar-refractivity contribution >= 4 is 35.2 Å². The van der Waals surface area contributed by atoms with Crippen molar-refractivity contribution in [1.82, 2.24) is 4.90 Å². The maximum Gasteiger partial charge on any atom is 0.258 e. The van der Waals surface area contributed by atoms with Crippen LogP contribution < -0.4 is 5.32 Å². The van der Waals surface area contributed by atoms with Gasteiger partial charge in [0.25, 0.3) is 5.91 Å². The summed E-state index contributed by atoms with van der Waals surface area (Å²) in [6.45, 7) is 3.21. The average molecular weight is 480 g/mol. The molecular formula is C27H27ClFN3O2. The van der Waals surface area contributed by atoms with Crippen molar-refractivity contribution < 1.29 is 14.0 Å². The number of amides is 2. The molecule has 1 N–H and O–H groups in total. The molecule has 2 fully saturated rings. The number of nitrogens with one attached hydrogen (secondary N) is 1. The minimum absolute atomic E-state index is 0.183. The maximum atomic E-state index is 14.3. The van der Waals surface area contributed by atoms with E-state index in [9.17, 15) is 14.0 Å². The highest BCUT2D eigenvalue weighted by Gasteiger charge is 2.28. The molecule has 0 spiro atoms. The molecule has 0 unspecified atom stereocenters. The van der Waals surface area contributed by atoms with Crippen LogP contribution in [0.5, 0.6) is 0 Å². The summed E-state index contributed by atoms with van der Waals surface area (Å²) in [5, 5.41) is 12.4. The number of halogens is 2. The lowest BCUT2D eigenvalue weighted by Gasteiger charge is -2.30. The topological polar surface area (TPSA) is 73.2 Å². The van der Waals surface area contributed by atoms with Crippen molar-refractivity contribution in [2.75, 3.05) is 18.4 Å². The first kappa shape index (κ1) is 24.0. The fraction of sp³-hybridized carbons (Fsp3) is 0.370. The Balaban J connectivity index is 1.53. The summed E-state index contributed by atoms with van der Waals surface area (Å²) in [7, 11) is 0. The number of hydrogen-bond donors (Lipinski definition) is 1. The lowest BCUT2D eigenvalue weighted by atomic mass is 9.97. The van der Waals surface area contributed by atoms with Crippen LogP contribution in [0.2, 0.25) is 5.02 Å². The van der Waals surface area contributed by atoms with Crippen LogP contribution in [-0.4, -0.2) is 29.8 Å². The van der Waals surface area contributed by atoms with E-state index in [-0.39, 0.29) is 23.0 Å². The van der Waals surface area contributed by atoms with Gasteiger partial charge in [-0.3, -0.25) is 9.59 Å². The standard InChI is InChI=1S/C27H27ClFN3O2/c1-17-12-22(28)15-21(25(17)31-26(33)23-14-19(16-30)6-7-24(23)29)13-18-8-10-32(11-9-18)27(34)20-4-2-3-5-20/h6-7,12-15,20H,2-5,8-11H2,1H3,(H,31,33). The second-order valence-electron chi connectivity index (χ2n) is 9.06. The van der Waals surface area contributed by atoms with Crippen molar-refractivity contribution in [3.8, 4) is 6.07 Å². The van der Waals surface area contributed by atoms with Gasteiger partial charge in [0.05, 0.1) is 22.9 Å².